The van der Waals surface area contributed by atoms with E-state index in [9.17, 15) is 22.8 Å². The molecule has 2 amide bonds. The normalized spacial score (nSPS) is 20.0. The van der Waals surface area contributed by atoms with Gasteiger partial charge in [-0.2, -0.15) is 5.10 Å². The molecule has 1 aromatic heterocycles. The molecule has 2 aliphatic rings. The van der Waals surface area contributed by atoms with Crippen molar-refractivity contribution in [1.82, 2.24) is 15.1 Å². The Morgan fingerprint density at radius 3 is 2.69 bits per heavy atom. The number of aromatic nitrogens is 2. The molecule has 2 aromatic rings. The molecule has 8 nitrogen and oxygen atoms in total. The quantitative estimate of drug-likeness (QED) is 0.726. The summed E-state index contributed by atoms with van der Waals surface area (Å²) >= 11 is 0. The minimum atomic E-state index is -4.80. The van der Waals surface area contributed by atoms with Gasteiger partial charge in [-0.05, 0) is 31.4 Å². The van der Waals surface area contributed by atoms with Gasteiger partial charge < -0.3 is 20.1 Å². The third-order valence-corrected chi connectivity index (χ3v) is 5.52. The average Bonchev–Trinajstić information content (AvgIpc) is 3.17. The van der Waals surface area contributed by atoms with Crippen LogP contribution in [0.1, 0.15) is 31.7 Å². The van der Waals surface area contributed by atoms with Gasteiger partial charge in [0.2, 0.25) is 11.8 Å². The van der Waals surface area contributed by atoms with Crippen LogP contribution in [-0.2, 0) is 14.3 Å². The third-order valence-electron chi connectivity index (χ3n) is 5.52. The number of carbonyl (C=O) groups is 2. The Balaban J connectivity index is 1.61. The van der Waals surface area contributed by atoms with Crippen molar-refractivity contribution in [3.05, 3.63) is 30.3 Å². The van der Waals surface area contributed by atoms with Crippen molar-refractivity contribution in [2.75, 3.05) is 25.1 Å². The molecule has 4 rings (SSSR count). The number of piperidine rings is 1. The SMILES string of the molecule is O=C1CCC(C(=O)Nc2cc(-c3cccc(OC(F)(F)F)c3)n(C3CCOCC3)n2)CN1. The number of alkyl halides is 3. The predicted octanol–water partition coefficient (Wildman–Crippen LogP) is 3.26. The van der Waals surface area contributed by atoms with Gasteiger partial charge in [0.1, 0.15) is 5.75 Å². The third kappa shape index (κ3) is 5.39. The first-order valence-electron chi connectivity index (χ1n) is 10.4. The topological polar surface area (TPSA) is 94.5 Å². The van der Waals surface area contributed by atoms with Crippen LogP contribution in [0.2, 0.25) is 0 Å². The molecule has 1 atom stereocenters. The van der Waals surface area contributed by atoms with E-state index in [2.05, 4.69) is 20.5 Å². The van der Waals surface area contributed by atoms with Crippen molar-refractivity contribution >= 4 is 17.6 Å². The van der Waals surface area contributed by atoms with Crippen LogP contribution in [0, 0.1) is 5.92 Å². The van der Waals surface area contributed by atoms with Gasteiger partial charge in [0.15, 0.2) is 5.82 Å². The zero-order valence-corrected chi connectivity index (χ0v) is 17.2. The van der Waals surface area contributed by atoms with E-state index >= 15 is 0 Å². The lowest BCUT2D eigenvalue weighted by molar-refractivity contribution is -0.274. The zero-order valence-electron chi connectivity index (χ0n) is 17.2. The van der Waals surface area contributed by atoms with Crippen LogP contribution in [0.15, 0.2) is 30.3 Å². The number of anilines is 1. The second kappa shape index (κ2) is 9.19. The highest BCUT2D eigenvalue weighted by atomic mass is 19.4. The number of hydrogen-bond donors (Lipinski definition) is 2. The number of halogens is 3. The van der Waals surface area contributed by atoms with Gasteiger partial charge in [0, 0.05) is 37.8 Å². The first kappa shape index (κ1) is 22.1. The van der Waals surface area contributed by atoms with Crippen molar-refractivity contribution in [2.24, 2.45) is 5.92 Å². The van der Waals surface area contributed by atoms with E-state index in [-0.39, 0.29) is 42.5 Å². The highest BCUT2D eigenvalue weighted by molar-refractivity contribution is 5.93. The van der Waals surface area contributed by atoms with Gasteiger partial charge in [-0.1, -0.05) is 12.1 Å². The van der Waals surface area contributed by atoms with E-state index in [0.717, 1.165) is 0 Å². The largest absolute Gasteiger partial charge is 0.573 e. The molecule has 3 heterocycles. The number of carbonyl (C=O) groups excluding carboxylic acids is 2. The summed E-state index contributed by atoms with van der Waals surface area (Å²) in [6.45, 7) is 1.35. The number of nitrogens with zero attached hydrogens (tertiary/aromatic N) is 2. The Bertz CT molecular complexity index is 976. The van der Waals surface area contributed by atoms with Gasteiger partial charge in [0.05, 0.1) is 17.7 Å². The molecule has 2 N–H and O–H groups in total. The van der Waals surface area contributed by atoms with Crippen LogP contribution in [0.25, 0.3) is 11.3 Å². The monoisotopic (exact) mass is 452 g/mol. The summed E-state index contributed by atoms with van der Waals surface area (Å²) in [5, 5.41) is 10.0. The second-order valence-corrected chi connectivity index (χ2v) is 7.81. The summed E-state index contributed by atoms with van der Waals surface area (Å²) in [4.78, 5) is 24.0. The molecule has 11 heteroatoms. The molecule has 172 valence electrons. The molecule has 2 saturated heterocycles. The maximum Gasteiger partial charge on any atom is 0.573 e. The molecular formula is C21H23F3N4O4. The molecule has 0 bridgehead atoms. The summed E-state index contributed by atoms with van der Waals surface area (Å²) in [6, 6.07) is 7.28. The van der Waals surface area contributed by atoms with Gasteiger partial charge in [-0.15, -0.1) is 13.2 Å². The van der Waals surface area contributed by atoms with Crippen molar-refractivity contribution < 1.29 is 32.2 Å². The zero-order chi connectivity index (χ0) is 22.7. The van der Waals surface area contributed by atoms with Crippen LogP contribution in [0.4, 0.5) is 19.0 Å². The second-order valence-electron chi connectivity index (χ2n) is 7.81. The Kier molecular flexibility index (Phi) is 6.35. The molecule has 2 fully saturated rings. The van der Waals surface area contributed by atoms with Crippen LogP contribution in [0.5, 0.6) is 5.75 Å². The van der Waals surface area contributed by atoms with Crippen molar-refractivity contribution in [2.45, 2.75) is 38.1 Å². The van der Waals surface area contributed by atoms with Crippen molar-refractivity contribution in [1.29, 1.82) is 0 Å². The number of ether oxygens (including phenoxy) is 2. The molecule has 1 unspecified atom stereocenters. The molecule has 1 aromatic carbocycles. The lowest BCUT2D eigenvalue weighted by Gasteiger charge is -2.24. The van der Waals surface area contributed by atoms with E-state index in [1.165, 1.54) is 18.2 Å². The molecule has 0 radical (unpaired) electrons. The van der Waals surface area contributed by atoms with Crippen LogP contribution in [0.3, 0.4) is 0 Å². The maximum absolute atomic E-state index is 12.7. The fourth-order valence-corrected chi connectivity index (χ4v) is 3.92. The van der Waals surface area contributed by atoms with E-state index in [1.807, 2.05) is 0 Å². The van der Waals surface area contributed by atoms with Crippen LogP contribution >= 0.6 is 0 Å². The first-order chi connectivity index (χ1) is 15.3. The molecule has 0 spiro atoms. The fourth-order valence-electron chi connectivity index (χ4n) is 3.92. The maximum atomic E-state index is 12.7. The minimum absolute atomic E-state index is 0.0226. The van der Waals surface area contributed by atoms with Gasteiger partial charge in [-0.3, -0.25) is 14.3 Å². The van der Waals surface area contributed by atoms with Gasteiger partial charge in [0.25, 0.3) is 0 Å². The van der Waals surface area contributed by atoms with Gasteiger partial charge >= 0.3 is 6.36 Å². The Morgan fingerprint density at radius 2 is 2.00 bits per heavy atom. The number of hydrogen-bond acceptors (Lipinski definition) is 5. The fraction of sp³-hybridized carbons (Fsp3) is 0.476. The van der Waals surface area contributed by atoms with Gasteiger partial charge in [-0.25, -0.2) is 0 Å². The Morgan fingerprint density at radius 1 is 1.22 bits per heavy atom. The molecule has 2 aliphatic heterocycles. The summed E-state index contributed by atoms with van der Waals surface area (Å²) in [6.07, 6.45) is -2.69. The van der Waals surface area contributed by atoms with Crippen LogP contribution in [-0.4, -0.2) is 47.7 Å². The van der Waals surface area contributed by atoms with E-state index < -0.39 is 6.36 Å². The summed E-state index contributed by atoms with van der Waals surface area (Å²) in [5.41, 5.74) is 1.05. The molecule has 32 heavy (non-hydrogen) atoms. The number of benzene rings is 1. The highest BCUT2D eigenvalue weighted by Crippen LogP contribution is 2.33. The lowest BCUT2D eigenvalue weighted by atomic mass is 9.98. The van der Waals surface area contributed by atoms with E-state index in [4.69, 9.17) is 4.74 Å². The van der Waals surface area contributed by atoms with Crippen LogP contribution < -0.4 is 15.4 Å². The Hall–Kier alpha value is -3.08. The van der Waals surface area contributed by atoms with Crippen molar-refractivity contribution in [3.8, 4) is 17.0 Å². The molecular weight excluding hydrogens is 429 g/mol. The lowest BCUT2D eigenvalue weighted by Crippen LogP contribution is -2.40. The highest BCUT2D eigenvalue weighted by Gasteiger charge is 2.31. The van der Waals surface area contributed by atoms with E-state index in [0.29, 0.717) is 49.6 Å². The smallest absolute Gasteiger partial charge is 0.406 e. The predicted molar refractivity (Wildman–Crippen MR) is 108 cm³/mol. The summed E-state index contributed by atoms with van der Waals surface area (Å²) < 4.78 is 49.2. The standard InChI is InChI=1S/C21H23F3N4O4/c22-21(23,24)32-16-3-1-2-13(10-16)17-11-18(27-28(17)15-6-8-31-9-7-15)26-20(30)14-4-5-19(29)25-12-14/h1-3,10-11,14-15H,4-9,12H2,(H,25,29)(H,26,27,30). The number of rotatable bonds is 5. The average molecular weight is 452 g/mol. The van der Waals surface area contributed by atoms with E-state index in [1.54, 1.807) is 16.8 Å². The summed E-state index contributed by atoms with van der Waals surface area (Å²) in [5.74, 6) is -0.745. The molecule has 0 aliphatic carbocycles. The summed E-state index contributed by atoms with van der Waals surface area (Å²) in [7, 11) is 0. The Labute approximate surface area is 182 Å². The number of nitrogens with one attached hydrogen (secondary N) is 2. The number of amides is 2. The first-order valence-corrected chi connectivity index (χ1v) is 10.4. The van der Waals surface area contributed by atoms with Crippen molar-refractivity contribution in [3.63, 3.8) is 0 Å². The molecule has 0 saturated carbocycles. The minimum Gasteiger partial charge on any atom is -0.406 e.